The Balaban J connectivity index is 2.26. The maximum absolute atomic E-state index is 12.7. The van der Waals surface area contributed by atoms with Gasteiger partial charge in [0.05, 0.1) is 28.4 Å². The molecule has 26 heavy (non-hydrogen) atoms. The molecule has 0 unspecified atom stereocenters. The summed E-state index contributed by atoms with van der Waals surface area (Å²) >= 11 is 0. The molecule has 1 aromatic heterocycles. The minimum absolute atomic E-state index is 0.0752. The Kier molecular flexibility index (Phi) is 4.62. The summed E-state index contributed by atoms with van der Waals surface area (Å²) in [6, 6.07) is 7.82. The molecule has 0 radical (unpaired) electrons. The summed E-state index contributed by atoms with van der Waals surface area (Å²) in [6.45, 7) is 0. The molecular weight excluding hydrogens is 340 g/mol. The van der Waals surface area contributed by atoms with Crippen molar-refractivity contribution in [3.05, 3.63) is 40.6 Å². The normalized spacial score (nSPS) is 10.6. The molecule has 7 heteroatoms. The molecule has 0 atom stereocenters. The summed E-state index contributed by atoms with van der Waals surface area (Å²) in [6.07, 6.45) is 0. The van der Waals surface area contributed by atoms with Crippen LogP contribution in [-0.2, 0) is 0 Å². The smallest absolute Gasteiger partial charge is 0.204 e. The van der Waals surface area contributed by atoms with Gasteiger partial charge in [-0.25, -0.2) is 0 Å². The molecule has 3 rings (SSSR count). The minimum atomic E-state index is -0.328. The van der Waals surface area contributed by atoms with Gasteiger partial charge in [0.25, 0.3) is 0 Å². The molecule has 0 bridgehead atoms. The molecule has 136 valence electrons. The van der Waals surface area contributed by atoms with Crippen LogP contribution in [0.25, 0.3) is 22.3 Å². The topological polar surface area (TPSA) is 87.4 Å². The zero-order valence-corrected chi connectivity index (χ0v) is 14.8. The van der Waals surface area contributed by atoms with E-state index in [1.807, 2.05) is 0 Å². The largest absolute Gasteiger partial charge is 0.504 e. The SMILES string of the molecule is COc1ccc(-c2cc(=O)c3c(OC)c(OC)c(O)cc3o2)cc1OC. The third-order valence-corrected chi connectivity index (χ3v) is 3.98. The van der Waals surface area contributed by atoms with E-state index < -0.39 is 0 Å². The number of ether oxygens (including phenoxy) is 4. The first-order chi connectivity index (χ1) is 12.5. The molecule has 0 amide bonds. The fourth-order valence-electron chi connectivity index (χ4n) is 2.78. The highest BCUT2D eigenvalue weighted by atomic mass is 16.5. The van der Waals surface area contributed by atoms with Crippen LogP contribution in [0.1, 0.15) is 0 Å². The molecule has 0 aliphatic heterocycles. The maximum Gasteiger partial charge on any atom is 0.204 e. The Hall–Kier alpha value is -3.35. The predicted octanol–water partition coefficient (Wildman–Crippen LogP) is 3.20. The zero-order chi connectivity index (χ0) is 18.8. The number of hydrogen-bond acceptors (Lipinski definition) is 7. The lowest BCUT2D eigenvalue weighted by atomic mass is 10.1. The van der Waals surface area contributed by atoms with Crippen LogP contribution in [0.2, 0.25) is 0 Å². The first-order valence-electron chi connectivity index (χ1n) is 7.68. The van der Waals surface area contributed by atoms with Crippen LogP contribution in [0, 0.1) is 0 Å². The Morgan fingerprint density at radius 3 is 2.15 bits per heavy atom. The van der Waals surface area contributed by atoms with Gasteiger partial charge in [-0.2, -0.15) is 0 Å². The number of phenolic OH excluding ortho intramolecular Hbond substituents is 1. The van der Waals surface area contributed by atoms with E-state index in [0.717, 1.165) is 0 Å². The third kappa shape index (κ3) is 2.77. The monoisotopic (exact) mass is 358 g/mol. The zero-order valence-electron chi connectivity index (χ0n) is 14.8. The molecule has 0 aliphatic rings. The summed E-state index contributed by atoms with van der Waals surface area (Å²) in [7, 11) is 5.82. The van der Waals surface area contributed by atoms with Gasteiger partial charge in [0.2, 0.25) is 5.75 Å². The van der Waals surface area contributed by atoms with Gasteiger partial charge in [0, 0.05) is 17.7 Å². The average Bonchev–Trinajstić information content (AvgIpc) is 2.65. The van der Waals surface area contributed by atoms with E-state index in [9.17, 15) is 9.90 Å². The Labute approximate surface area is 149 Å². The second kappa shape index (κ2) is 6.87. The van der Waals surface area contributed by atoms with Crippen LogP contribution in [0.15, 0.2) is 39.5 Å². The van der Waals surface area contributed by atoms with Crippen LogP contribution >= 0.6 is 0 Å². The fraction of sp³-hybridized carbons (Fsp3) is 0.211. The van der Waals surface area contributed by atoms with Crippen molar-refractivity contribution in [1.82, 2.24) is 0 Å². The van der Waals surface area contributed by atoms with E-state index in [4.69, 9.17) is 23.4 Å². The molecule has 1 N–H and O–H groups in total. The quantitative estimate of drug-likeness (QED) is 0.749. The van der Waals surface area contributed by atoms with E-state index in [2.05, 4.69) is 0 Å². The van der Waals surface area contributed by atoms with Crippen molar-refractivity contribution in [3.63, 3.8) is 0 Å². The number of phenols is 1. The first kappa shape index (κ1) is 17.5. The van der Waals surface area contributed by atoms with Crippen molar-refractivity contribution in [3.8, 4) is 40.1 Å². The molecule has 0 saturated carbocycles. The van der Waals surface area contributed by atoms with Crippen molar-refractivity contribution in [2.45, 2.75) is 0 Å². The lowest BCUT2D eigenvalue weighted by Gasteiger charge is -2.13. The maximum atomic E-state index is 12.7. The first-order valence-corrected chi connectivity index (χ1v) is 7.68. The minimum Gasteiger partial charge on any atom is -0.504 e. The lowest BCUT2D eigenvalue weighted by Crippen LogP contribution is -2.04. The van der Waals surface area contributed by atoms with E-state index in [-0.39, 0.29) is 33.6 Å². The molecule has 7 nitrogen and oxygen atoms in total. The molecule has 0 fully saturated rings. The highest BCUT2D eigenvalue weighted by Crippen LogP contribution is 2.42. The molecule has 0 aliphatic carbocycles. The summed E-state index contributed by atoms with van der Waals surface area (Å²) in [5, 5.41) is 10.3. The van der Waals surface area contributed by atoms with Crippen LogP contribution in [0.4, 0.5) is 0 Å². The van der Waals surface area contributed by atoms with Gasteiger partial charge >= 0.3 is 0 Å². The van der Waals surface area contributed by atoms with Gasteiger partial charge in [-0.15, -0.1) is 0 Å². The van der Waals surface area contributed by atoms with Crippen LogP contribution in [-0.4, -0.2) is 33.5 Å². The number of aromatic hydroxyl groups is 1. The highest BCUT2D eigenvalue weighted by molar-refractivity contribution is 5.90. The van der Waals surface area contributed by atoms with Crippen molar-refractivity contribution in [2.24, 2.45) is 0 Å². The summed E-state index contributed by atoms with van der Waals surface area (Å²) < 4.78 is 26.7. The fourth-order valence-corrected chi connectivity index (χ4v) is 2.78. The standard InChI is InChI=1S/C19H18O7/c1-22-13-6-5-10(7-15(13)23-2)14-8-11(20)17-16(26-14)9-12(21)18(24-3)19(17)25-4/h5-9,21H,1-4H3. The van der Waals surface area contributed by atoms with Gasteiger partial charge in [-0.1, -0.05) is 0 Å². The summed E-state index contributed by atoms with van der Waals surface area (Å²) in [5.41, 5.74) is 0.472. The van der Waals surface area contributed by atoms with Crippen molar-refractivity contribution in [2.75, 3.05) is 28.4 Å². The van der Waals surface area contributed by atoms with Crippen molar-refractivity contribution < 1.29 is 28.5 Å². The molecular formula is C19H18O7. The third-order valence-electron chi connectivity index (χ3n) is 3.98. The van der Waals surface area contributed by atoms with Crippen molar-refractivity contribution in [1.29, 1.82) is 0 Å². The Morgan fingerprint density at radius 1 is 0.846 bits per heavy atom. The second-order valence-electron chi connectivity index (χ2n) is 5.38. The predicted molar refractivity (Wildman–Crippen MR) is 95.8 cm³/mol. The summed E-state index contributed by atoms with van der Waals surface area (Å²) in [4.78, 5) is 12.7. The molecule has 1 heterocycles. The number of fused-ring (bicyclic) bond motifs is 1. The molecule has 0 saturated heterocycles. The number of benzene rings is 2. The lowest BCUT2D eigenvalue weighted by molar-refractivity contribution is 0.335. The van der Waals surface area contributed by atoms with Gasteiger partial charge in [0.15, 0.2) is 28.4 Å². The molecule has 3 aromatic rings. The van der Waals surface area contributed by atoms with E-state index >= 15 is 0 Å². The Bertz CT molecular complexity index is 1020. The van der Waals surface area contributed by atoms with Gasteiger partial charge in [-0.05, 0) is 18.2 Å². The van der Waals surface area contributed by atoms with E-state index in [1.54, 1.807) is 18.2 Å². The molecule has 0 spiro atoms. The number of hydrogen-bond donors (Lipinski definition) is 1. The van der Waals surface area contributed by atoms with Gasteiger partial charge in [-0.3, -0.25) is 4.79 Å². The van der Waals surface area contributed by atoms with Crippen LogP contribution in [0.5, 0.6) is 28.7 Å². The number of rotatable bonds is 5. The van der Waals surface area contributed by atoms with E-state index in [1.165, 1.54) is 40.6 Å². The molecule has 2 aromatic carbocycles. The number of methoxy groups -OCH3 is 4. The highest BCUT2D eigenvalue weighted by Gasteiger charge is 2.20. The van der Waals surface area contributed by atoms with Crippen molar-refractivity contribution >= 4 is 11.0 Å². The second-order valence-corrected chi connectivity index (χ2v) is 5.38. The van der Waals surface area contributed by atoms with Crippen LogP contribution in [0.3, 0.4) is 0 Å². The van der Waals surface area contributed by atoms with Crippen LogP contribution < -0.4 is 24.4 Å². The Morgan fingerprint density at radius 2 is 1.54 bits per heavy atom. The van der Waals surface area contributed by atoms with Gasteiger partial charge in [0.1, 0.15) is 16.7 Å². The summed E-state index contributed by atoms with van der Waals surface area (Å²) in [5.74, 6) is 1.38. The van der Waals surface area contributed by atoms with E-state index in [0.29, 0.717) is 22.8 Å². The average molecular weight is 358 g/mol. The van der Waals surface area contributed by atoms with Gasteiger partial charge < -0.3 is 28.5 Å².